The minimum Gasteiger partial charge on any atom is -0.294 e. The van der Waals surface area contributed by atoms with E-state index in [0.29, 0.717) is 11.1 Å². The van der Waals surface area contributed by atoms with E-state index in [4.69, 9.17) is 5.26 Å². The van der Waals surface area contributed by atoms with Crippen LogP contribution in [0.4, 0.5) is 10.1 Å². The van der Waals surface area contributed by atoms with Gasteiger partial charge in [0.15, 0.2) is 0 Å². The van der Waals surface area contributed by atoms with Gasteiger partial charge in [0, 0.05) is 24.2 Å². The minimum absolute atomic E-state index is 0.0375. The lowest BCUT2D eigenvalue weighted by Gasteiger charge is -2.12. The fourth-order valence-corrected chi connectivity index (χ4v) is 1.88. The van der Waals surface area contributed by atoms with Gasteiger partial charge in [-0.15, -0.1) is 0 Å². The molecule has 0 heterocycles. The fourth-order valence-electron chi connectivity index (χ4n) is 1.88. The van der Waals surface area contributed by atoms with Crippen LogP contribution in [0.3, 0.4) is 0 Å². The van der Waals surface area contributed by atoms with E-state index >= 15 is 0 Å². The van der Waals surface area contributed by atoms with Gasteiger partial charge in [0.2, 0.25) is 0 Å². The molecule has 1 atom stereocenters. The number of non-ortho nitro benzene ring substituents is 1. The molecule has 0 fully saturated rings. The van der Waals surface area contributed by atoms with Crippen molar-refractivity contribution in [2.75, 3.05) is 0 Å². The van der Waals surface area contributed by atoms with Gasteiger partial charge in [0.1, 0.15) is 11.9 Å². The lowest BCUT2D eigenvalue weighted by Crippen LogP contribution is -2.20. The van der Waals surface area contributed by atoms with Crippen LogP contribution in [0.25, 0.3) is 0 Å². The van der Waals surface area contributed by atoms with Gasteiger partial charge in [-0.1, -0.05) is 18.2 Å². The van der Waals surface area contributed by atoms with Crippen LogP contribution in [-0.4, -0.2) is 4.92 Å². The third kappa shape index (κ3) is 3.61. The minimum atomic E-state index is -0.662. The van der Waals surface area contributed by atoms with Crippen LogP contribution < -0.4 is 5.32 Å². The van der Waals surface area contributed by atoms with Gasteiger partial charge in [-0.05, 0) is 23.8 Å². The molecule has 0 aliphatic rings. The van der Waals surface area contributed by atoms with Crippen molar-refractivity contribution in [1.29, 1.82) is 5.26 Å². The van der Waals surface area contributed by atoms with Gasteiger partial charge >= 0.3 is 0 Å². The Labute approximate surface area is 120 Å². The monoisotopic (exact) mass is 285 g/mol. The fraction of sp³-hybridized carbons (Fsp3) is 0.133. The molecule has 2 aromatic carbocycles. The van der Waals surface area contributed by atoms with Crippen molar-refractivity contribution in [2.45, 2.75) is 12.6 Å². The highest BCUT2D eigenvalue weighted by atomic mass is 19.1. The molecule has 0 bridgehead atoms. The van der Waals surface area contributed by atoms with Gasteiger partial charge in [0.05, 0.1) is 11.0 Å². The van der Waals surface area contributed by atoms with Crippen LogP contribution in [0.5, 0.6) is 0 Å². The lowest BCUT2D eigenvalue weighted by atomic mass is 10.1. The number of nitrogens with zero attached hydrogens (tertiary/aromatic N) is 2. The summed E-state index contributed by atoms with van der Waals surface area (Å²) in [5, 5.41) is 22.7. The highest BCUT2D eigenvalue weighted by molar-refractivity contribution is 5.36. The van der Waals surface area contributed by atoms with Crippen molar-refractivity contribution >= 4 is 5.69 Å². The number of rotatable bonds is 5. The van der Waals surface area contributed by atoms with Crippen LogP contribution in [0.15, 0.2) is 48.5 Å². The largest absolute Gasteiger partial charge is 0.294 e. The Bertz CT molecular complexity index is 680. The summed E-state index contributed by atoms with van der Waals surface area (Å²) < 4.78 is 13.5. The maximum absolute atomic E-state index is 13.5. The van der Waals surface area contributed by atoms with Gasteiger partial charge < -0.3 is 0 Å². The SMILES string of the molecule is N#CC(NCc1ccccc1F)c1ccc([N+](=O)[O-])cc1. The second kappa shape index (κ2) is 6.59. The predicted molar refractivity (Wildman–Crippen MR) is 74.7 cm³/mol. The zero-order valence-corrected chi connectivity index (χ0v) is 11.0. The summed E-state index contributed by atoms with van der Waals surface area (Å²) >= 11 is 0. The molecule has 1 N–H and O–H groups in total. The molecule has 21 heavy (non-hydrogen) atoms. The first kappa shape index (κ1) is 14.6. The maximum atomic E-state index is 13.5. The number of nitro groups is 1. The third-order valence-corrected chi connectivity index (χ3v) is 3.02. The average Bonchev–Trinajstić information content (AvgIpc) is 2.50. The summed E-state index contributed by atoms with van der Waals surface area (Å²) in [5.74, 6) is -0.342. The molecule has 0 aliphatic heterocycles. The third-order valence-electron chi connectivity index (χ3n) is 3.02. The lowest BCUT2D eigenvalue weighted by molar-refractivity contribution is -0.384. The molecule has 0 amide bonds. The molecule has 1 unspecified atom stereocenters. The van der Waals surface area contributed by atoms with Gasteiger partial charge in [-0.3, -0.25) is 15.4 Å². The smallest absolute Gasteiger partial charge is 0.269 e. The number of nitro benzene ring substituents is 1. The maximum Gasteiger partial charge on any atom is 0.269 e. The van der Waals surface area contributed by atoms with E-state index in [2.05, 4.69) is 11.4 Å². The molecule has 0 aromatic heterocycles. The van der Waals surface area contributed by atoms with E-state index in [1.165, 1.54) is 30.3 Å². The molecule has 0 radical (unpaired) electrons. The number of benzene rings is 2. The van der Waals surface area contributed by atoms with E-state index in [9.17, 15) is 14.5 Å². The van der Waals surface area contributed by atoms with E-state index < -0.39 is 11.0 Å². The zero-order valence-electron chi connectivity index (χ0n) is 11.0. The van der Waals surface area contributed by atoms with E-state index in [-0.39, 0.29) is 18.0 Å². The van der Waals surface area contributed by atoms with Crippen LogP contribution in [0.1, 0.15) is 17.2 Å². The first-order chi connectivity index (χ1) is 10.1. The van der Waals surface area contributed by atoms with Crippen molar-refractivity contribution in [2.24, 2.45) is 0 Å². The Morgan fingerprint density at radius 3 is 2.48 bits per heavy atom. The Hall–Kier alpha value is -2.78. The Morgan fingerprint density at radius 1 is 1.24 bits per heavy atom. The standard InChI is InChI=1S/C15H12FN3O2/c16-14-4-2-1-3-12(14)10-18-15(9-17)11-5-7-13(8-6-11)19(20)21/h1-8,15,18H,10H2. The van der Waals surface area contributed by atoms with Crippen molar-refractivity contribution in [3.05, 3.63) is 75.6 Å². The van der Waals surface area contributed by atoms with Gasteiger partial charge in [-0.2, -0.15) is 5.26 Å². The van der Waals surface area contributed by atoms with Gasteiger partial charge in [-0.25, -0.2) is 4.39 Å². The molecule has 6 heteroatoms. The number of nitrogens with one attached hydrogen (secondary N) is 1. The Balaban J connectivity index is 2.08. The molecule has 2 rings (SSSR count). The topological polar surface area (TPSA) is 79.0 Å². The molecule has 5 nitrogen and oxygen atoms in total. The molecule has 2 aromatic rings. The van der Waals surface area contributed by atoms with Gasteiger partial charge in [0.25, 0.3) is 5.69 Å². The Kier molecular flexibility index (Phi) is 4.59. The second-order valence-electron chi connectivity index (χ2n) is 4.38. The van der Waals surface area contributed by atoms with Crippen molar-refractivity contribution in [1.82, 2.24) is 5.32 Å². The summed E-state index contributed by atoms with van der Waals surface area (Å²) in [6.07, 6.45) is 0. The number of nitriles is 1. The van der Waals surface area contributed by atoms with Crippen molar-refractivity contribution < 1.29 is 9.31 Å². The van der Waals surface area contributed by atoms with Crippen molar-refractivity contribution in [3.63, 3.8) is 0 Å². The summed E-state index contributed by atoms with van der Waals surface area (Å²) in [7, 11) is 0. The van der Waals surface area contributed by atoms with Crippen LogP contribution >= 0.6 is 0 Å². The van der Waals surface area contributed by atoms with E-state index in [1.807, 2.05) is 0 Å². The summed E-state index contributed by atoms with van der Waals surface area (Å²) in [6, 6.07) is 13.4. The van der Waals surface area contributed by atoms with Crippen LogP contribution in [0.2, 0.25) is 0 Å². The highest BCUT2D eigenvalue weighted by Crippen LogP contribution is 2.18. The Morgan fingerprint density at radius 2 is 1.90 bits per heavy atom. The van der Waals surface area contributed by atoms with Crippen LogP contribution in [0, 0.1) is 27.3 Å². The second-order valence-corrected chi connectivity index (χ2v) is 4.38. The molecule has 0 saturated heterocycles. The first-order valence-electron chi connectivity index (χ1n) is 6.22. The average molecular weight is 285 g/mol. The summed E-state index contributed by atoms with van der Waals surface area (Å²) in [6.45, 7) is 0.196. The zero-order chi connectivity index (χ0) is 15.2. The molecule has 106 valence electrons. The van der Waals surface area contributed by atoms with E-state index in [1.54, 1.807) is 18.2 Å². The predicted octanol–water partition coefficient (Wildman–Crippen LogP) is 3.09. The summed E-state index contributed by atoms with van der Waals surface area (Å²) in [5.41, 5.74) is 1.02. The first-order valence-corrected chi connectivity index (χ1v) is 6.22. The molecule has 0 aliphatic carbocycles. The normalized spacial score (nSPS) is 11.6. The number of hydrogen-bond acceptors (Lipinski definition) is 4. The highest BCUT2D eigenvalue weighted by Gasteiger charge is 2.13. The number of hydrogen-bond donors (Lipinski definition) is 1. The molecular formula is C15H12FN3O2. The molecular weight excluding hydrogens is 273 g/mol. The van der Waals surface area contributed by atoms with Crippen molar-refractivity contribution in [3.8, 4) is 6.07 Å². The van der Waals surface area contributed by atoms with Crippen LogP contribution in [-0.2, 0) is 6.54 Å². The van der Waals surface area contributed by atoms with E-state index in [0.717, 1.165) is 0 Å². The number of halogens is 1. The quantitative estimate of drug-likeness (QED) is 0.676. The summed E-state index contributed by atoms with van der Waals surface area (Å²) in [4.78, 5) is 10.1. The molecule has 0 saturated carbocycles. The molecule has 0 spiro atoms.